The van der Waals surface area contributed by atoms with Crippen molar-refractivity contribution in [3.05, 3.63) is 64.8 Å². The fourth-order valence-electron chi connectivity index (χ4n) is 3.82. The van der Waals surface area contributed by atoms with Gasteiger partial charge in [0, 0.05) is 22.2 Å². The number of rotatable bonds is 4. The molecular formula is C22H24N2O2. The number of ether oxygens (including phenoxy) is 1. The highest BCUT2D eigenvalue weighted by atomic mass is 16.5. The maximum atomic E-state index is 12.8. The molecule has 4 nitrogen and oxygen atoms in total. The molecule has 0 fully saturated rings. The number of hydrogen-bond donors (Lipinski definition) is 2. The summed E-state index contributed by atoms with van der Waals surface area (Å²) < 4.78 is 5.27. The van der Waals surface area contributed by atoms with Crippen LogP contribution in [0.25, 0.3) is 10.9 Å². The second-order valence-electron chi connectivity index (χ2n) is 7.02. The third-order valence-corrected chi connectivity index (χ3v) is 5.30. The van der Waals surface area contributed by atoms with E-state index in [4.69, 9.17) is 4.74 Å². The average molecular weight is 348 g/mol. The Labute approximate surface area is 153 Å². The minimum atomic E-state index is -0.0894. The maximum Gasteiger partial charge on any atom is 0.251 e. The van der Waals surface area contributed by atoms with Crippen molar-refractivity contribution >= 4 is 16.8 Å². The van der Waals surface area contributed by atoms with Crippen molar-refractivity contribution < 1.29 is 9.53 Å². The monoisotopic (exact) mass is 348 g/mol. The average Bonchev–Trinajstić information content (AvgIpc) is 3.05. The maximum absolute atomic E-state index is 12.8. The highest BCUT2D eigenvalue weighted by Gasteiger charge is 2.18. The van der Waals surface area contributed by atoms with Crippen LogP contribution in [0.1, 0.15) is 53.0 Å². The number of hydrogen-bond acceptors (Lipinski definition) is 2. The van der Waals surface area contributed by atoms with Crippen LogP contribution in [0.4, 0.5) is 0 Å². The van der Waals surface area contributed by atoms with Crippen LogP contribution in [0, 0.1) is 0 Å². The van der Waals surface area contributed by atoms with Gasteiger partial charge in [-0.25, -0.2) is 0 Å². The summed E-state index contributed by atoms with van der Waals surface area (Å²) in [4.78, 5) is 16.3. The van der Waals surface area contributed by atoms with Crippen LogP contribution < -0.4 is 10.1 Å². The molecule has 0 spiro atoms. The molecule has 0 aliphatic heterocycles. The van der Waals surface area contributed by atoms with Crippen LogP contribution in [0.3, 0.4) is 0 Å². The normalized spacial score (nSPS) is 14.7. The lowest BCUT2D eigenvalue weighted by molar-refractivity contribution is 0.0940. The summed E-state index contributed by atoms with van der Waals surface area (Å²) in [6.45, 7) is 1.99. The molecule has 1 atom stereocenters. The number of aryl methyl sites for hydroxylation is 2. The Hall–Kier alpha value is -2.75. The number of amides is 1. The Morgan fingerprint density at radius 2 is 2.00 bits per heavy atom. The van der Waals surface area contributed by atoms with Crippen molar-refractivity contribution in [3.63, 3.8) is 0 Å². The van der Waals surface area contributed by atoms with E-state index < -0.39 is 0 Å². The van der Waals surface area contributed by atoms with Crippen LogP contribution >= 0.6 is 0 Å². The van der Waals surface area contributed by atoms with Crippen molar-refractivity contribution in [2.75, 3.05) is 7.11 Å². The predicted octanol–water partition coefficient (Wildman–Crippen LogP) is 4.55. The first-order valence-corrected chi connectivity index (χ1v) is 9.24. The van der Waals surface area contributed by atoms with Gasteiger partial charge in [0.2, 0.25) is 0 Å². The van der Waals surface area contributed by atoms with Gasteiger partial charge in [0.05, 0.1) is 13.2 Å². The highest BCUT2D eigenvalue weighted by Crippen LogP contribution is 2.30. The van der Waals surface area contributed by atoms with Crippen LogP contribution in [-0.2, 0) is 12.8 Å². The molecule has 26 heavy (non-hydrogen) atoms. The Kier molecular flexibility index (Phi) is 4.41. The lowest BCUT2D eigenvalue weighted by Gasteiger charge is -2.15. The van der Waals surface area contributed by atoms with Gasteiger partial charge in [-0.3, -0.25) is 4.79 Å². The van der Waals surface area contributed by atoms with E-state index in [2.05, 4.69) is 10.3 Å². The Balaban J connectivity index is 1.57. The van der Waals surface area contributed by atoms with Gasteiger partial charge in [0.25, 0.3) is 5.91 Å². The Morgan fingerprint density at radius 3 is 2.85 bits per heavy atom. The lowest BCUT2D eigenvalue weighted by Crippen LogP contribution is -2.26. The molecule has 0 unspecified atom stereocenters. The molecule has 1 aliphatic carbocycles. The van der Waals surface area contributed by atoms with Crippen LogP contribution in [0.5, 0.6) is 5.75 Å². The summed E-state index contributed by atoms with van der Waals surface area (Å²) in [5.41, 5.74) is 5.60. The van der Waals surface area contributed by atoms with Crippen molar-refractivity contribution in [3.8, 4) is 5.75 Å². The molecule has 0 bridgehead atoms. The van der Waals surface area contributed by atoms with Crippen LogP contribution in [-0.4, -0.2) is 18.0 Å². The van der Waals surface area contributed by atoms with Gasteiger partial charge in [-0.05, 0) is 74.1 Å². The molecule has 0 radical (unpaired) electrons. The first kappa shape index (κ1) is 16.7. The van der Waals surface area contributed by atoms with Crippen molar-refractivity contribution in [2.24, 2.45) is 0 Å². The smallest absolute Gasteiger partial charge is 0.251 e. The summed E-state index contributed by atoms with van der Waals surface area (Å²) in [6, 6.07) is 13.7. The van der Waals surface area contributed by atoms with E-state index in [1.165, 1.54) is 29.5 Å². The second-order valence-corrected chi connectivity index (χ2v) is 7.02. The summed E-state index contributed by atoms with van der Waals surface area (Å²) >= 11 is 0. The molecule has 4 heteroatoms. The summed E-state index contributed by atoms with van der Waals surface area (Å²) in [6.07, 6.45) is 4.67. The number of H-pyrrole nitrogens is 1. The van der Waals surface area contributed by atoms with Crippen LogP contribution in [0.2, 0.25) is 0 Å². The predicted molar refractivity (Wildman–Crippen MR) is 104 cm³/mol. The largest absolute Gasteiger partial charge is 0.497 e. The first-order valence-electron chi connectivity index (χ1n) is 9.24. The molecular weight excluding hydrogens is 324 g/mol. The molecule has 3 aromatic rings. The number of carbonyl (C=O) groups is 1. The van der Waals surface area contributed by atoms with Gasteiger partial charge in [0.15, 0.2) is 0 Å². The number of carbonyl (C=O) groups excluding carboxylic acids is 1. The van der Waals surface area contributed by atoms with Gasteiger partial charge in [-0.2, -0.15) is 0 Å². The third-order valence-electron chi connectivity index (χ3n) is 5.30. The number of methoxy groups -OCH3 is 1. The molecule has 134 valence electrons. The van der Waals surface area contributed by atoms with Gasteiger partial charge in [0.1, 0.15) is 5.75 Å². The number of fused-ring (bicyclic) bond motifs is 3. The highest BCUT2D eigenvalue weighted by molar-refractivity contribution is 5.99. The van der Waals surface area contributed by atoms with Crippen molar-refractivity contribution in [2.45, 2.75) is 38.6 Å². The molecule has 2 N–H and O–H groups in total. The SMILES string of the molecule is COc1cccc([C@H](C)NC(=O)c2ccc3[nH]c4c(c3c2)CCCC4)c1. The second kappa shape index (κ2) is 6.87. The quantitative estimate of drug-likeness (QED) is 0.727. The molecule has 4 rings (SSSR count). The first-order chi connectivity index (χ1) is 12.7. The van der Waals surface area contributed by atoms with Crippen molar-refractivity contribution in [1.82, 2.24) is 10.3 Å². The molecule has 2 aromatic carbocycles. The van der Waals surface area contributed by atoms with Gasteiger partial charge >= 0.3 is 0 Å². The van der Waals surface area contributed by atoms with E-state index in [-0.39, 0.29) is 11.9 Å². The summed E-state index contributed by atoms with van der Waals surface area (Å²) in [5.74, 6) is 0.747. The lowest BCUT2D eigenvalue weighted by atomic mass is 9.95. The molecule has 1 aliphatic rings. The van der Waals surface area contributed by atoms with Crippen molar-refractivity contribution in [1.29, 1.82) is 0 Å². The molecule has 1 aromatic heterocycles. The molecule has 1 heterocycles. The van der Waals surface area contributed by atoms with E-state index in [0.29, 0.717) is 5.56 Å². The van der Waals surface area contributed by atoms with Gasteiger partial charge in [-0.1, -0.05) is 12.1 Å². The standard InChI is InChI=1S/C22H24N2O2/c1-14(15-6-5-7-17(12-15)26-2)23-22(25)16-10-11-21-19(13-16)18-8-3-4-9-20(18)24-21/h5-7,10-14,24H,3-4,8-9H2,1-2H3,(H,23,25)/t14-/m0/s1. The summed E-state index contributed by atoms with van der Waals surface area (Å²) in [5, 5.41) is 4.29. The van der Waals surface area contributed by atoms with Crippen LogP contribution in [0.15, 0.2) is 42.5 Å². The zero-order valence-corrected chi connectivity index (χ0v) is 15.3. The van der Waals surface area contributed by atoms with Gasteiger partial charge in [-0.15, -0.1) is 0 Å². The fourth-order valence-corrected chi connectivity index (χ4v) is 3.82. The third kappa shape index (κ3) is 3.07. The number of aromatic nitrogens is 1. The molecule has 1 amide bonds. The topological polar surface area (TPSA) is 54.1 Å². The number of nitrogens with one attached hydrogen (secondary N) is 2. The van der Waals surface area contributed by atoms with E-state index in [9.17, 15) is 4.79 Å². The summed E-state index contributed by atoms with van der Waals surface area (Å²) in [7, 11) is 1.65. The van der Waals surface area contributed by atoms with Gasteiger partial charge < -0.3 is 15.0 Å². The zero-order chi connectivity index (χ0) is 18.1. The van der Waals surface area contributed by atoms with E-state index in [1.807, 2.05) is 49.4 Å². The number of aromatic amines is 1. The van der Waals surface area contributed by atoms with E-state index >= 15 is 0 Å². The Morgan fingerprint density at radius 1 is 1.15 bits per heavy atom. The minimum Gasteiger partial charge on any atom is -0.497 e. The molecule has 0 saturated heterocycles. The van der Waals surface area contributed by atoms with E-state index in [1.54, 1.807) is 7.11 Å². The fraction of sp³-hybridized carbons (Fsp3) is 0.318. The number of benzene rings is 2. The minimum absolute atomic E-state index is 0.0482. The van der Waals surface area contributed by atoms with E-state index in [0.717, 1.165) is 29.7 Å². The Bertz CT molecular complexity index is 958. The zero-order valence-electron chi connectivity index (χ0n) is 15.3. The molecule has 0 saturated carbocycles.